The van der Waals surface area contributed by atoms with Crippen molar-refractivity contribution in [1.82, 2.24) is 9.55 Å². The van der Waals surface area contributed by atoms with Gasteiger partial charge < -0.3 is 15.0 Å². The Hall–Kier alpha value is -2.86. The highest BCUT2D eigenvalue weighted by Gasteiger charge is 2.17. The lowest BCUT2D eigenvalue weighted by atomic mass is 10.0. The number of ether oxygens (including phenoxy) is 1. The fourth-order valence-corrected chi connectivity index (χ4v) is 2.77. The number of rotatable bonds is 5. The highest BCUT2D eigenvalue weighted by Crippen LogP contribution is 2.35. The Bertz CT molecular complexity index is 940. The highest BCUT2D eigenvalue weighted by atomic mass is 35.5. The normalized spacial score (nSPS) is 10.7. The maximum Gasteiger partial charge on any atom is 0.268 e. The minimum absolute atomic E-state index is 0.129. The first kappa shape index (κ1) is 17.0. The Morgan fingerprint density at radius 2 is 2.16 bits per heavy atom. The Balaban J connectivity index is 2.04. The van der Waals surface area contributed by atoms with Crippen molar-refractivity contribution >= 4 is 17.5 Å². The van der Waals surface area contributed by atoms with Gasteiger partial charge in [0.2, 0.25) is 0 Å². The molecule has 0 aliphatic heterocycles. The number of aromatic nitrogens is 2. The topological polar surface area (TPSA) is 70.1 Å². The summed E-state index contributed by atoms with van der Waals surface area (Å²) in [6.07, 6.45) is 2.91. The molecule has 1 amide bonds. The first-order chi connectivity index (χ1) is 12.0. The standard InChI is InChI=1S/C18H15ClFN3O2/c1-25-15-6-5-12(8-23-9-14(18(21)24)22-10-23)17(20)16(15)11-3-2-4-13(19)7-11/h2-7,9-10H,8H2,1H3,(H2,21,24). The second-order valence-corrected chi connectivity index (χ2v) is 5.86. The fraction of sp³-hybridized carbons (Fsp3) is 0.111. The molecule has 1 heterocycles. The van der Waals surface area contributed by atoms with Crippen LogP contribution in [-0.4, -0.2) is 22.6 Å². The van der Waals surface area contributed by atoms with Crippen LogP contribution in [0.3, 0.4) is 0 Å². The largest absolute Gasteiger partial charge is 0.496 e. The molecule has 0 bridgehead atoms. The van der Waals surface area contributed by atoms with Crippen LogP contribution in [0.25, 0.3) is 11.1 Å². The molecule has 0 radical (unpaired) electrons. The zero-order valence-corrected chi connectivity index (χ0v) is 14.1. The molecule has 25 heavy (non-hydrogen) atoms. The number of methoxy groups -OCH3 is 1. The number of halogens is 2. The number of benzene rings is 2. The number of imidazole rings is 1. The van der Waals surface area contributed by atoms with Gasteiger partial charge in [-0.1, -0.05) is 29.8 Å². The van der Waals surface area contributed by atoms with Gasteiger partial charge in [0.15, 0.2) is 0 Å². The minimum Gasteiger partial charge on any atom is -0.496 e. The number of nitrogens with two attached hydrogens (primary N) is 1. The Morgan fingerprint density at radius 3 is 2.80 bits per heavy atom. The molecule has 0 aliphatic carbocycles. The molecule has 1 aromatic heterocycles. The average molecular weight is 360 g/mol. The summed E-state index contributed by atoms with van der Waals surface area (Å²) in [5.74, 6) is -0.642. The van der Waals surface area contributed by atoms with Gasteiger partial charge in [-0.25, -0.2) is 9.37 Å². The molecule has 0 saturated carbocycles. The molecule has 2 aromatic carbocycles. The van der Waals surface area contributed by atoms with E-state index in [-0.39, 0.29) is 12.2 Å². The molecule has 2 N–H and O–H groups in total. The summed E-state index contributed by atoms with van der Waals surface area (Å²) >= 11 is 6.03. The lowest BCUT2D eigenvalue weighted by Gasteiger charge is -2.14. The third-order valence-electron chi connectivity index (χ3n) is 3.76. The van der Waals surface area contributed by atoms with E-state index >= 15 is 4.39 Å². The van der Waals surface area contributed by atoms with Crippen LogP contribution in [0.5, 0.6) is 5.75 Å². The van der Waals surface area contributed by atoms with E-state index in [2.05, 4.69) is 4.98 Å². The molecule has 7 heteroatoms. The minimum atomic E-state index is -0.631. The number of amides is 1. The van der Waals surface area contributed by atoms with E-state index < -0.39 is 11.7 Å². The maximum atomic E-state index is 15.1. The molecular formula is C18H15ClFN3O2. The summed E-state index contributed by atoms with van der Waals surface area (Å²) in [6.45, 7) is 0.198. The van der Waals surface area contributed by atoms with E-state index in [4.69, 9.17) is 22.1 Å². The van der Waals surface area contributed by atoms with Crippen LogP contribution in [0.4, 0.5) is 4.39 Å². The van der Waals surface area contributed by atoms with E-state index in [1.165, 1.54) is 19.6 Å². The second-order valence-electron chi connectivity index (χ2n) is 5.42. The van der Waals surface area contributed by atoms with Gasteiger partial charge in [-0.15, -0.1) is 0 Å². The molecule has 128 valence electrons. The zero-order valence-electron chi connectivity index (χ0n) is 13.4. The van der Waals surface area contributed by atoms with Crippen molar-refractivity contribution in [3.8, 4) is 16.9 Å². The van der Waals surface area contributed by atoms with E-state index in [1.807, 2.05) is 0 Å². The van der Waals surface area contributed by atoms with Gasteiger partial charge >= 0.3 is 0 Å². The van der Waals surface area contributed by atoms with Crippen molar-refractivity contribution < 1.29 is 13.9 Å². The summed E-state index contributed by atoms with van der Waals surface area (Å²) in [5, 5.41) is 0.505. The summed E-state index contributed by atoms with van der Waals surface area (Å²) in [6, 6.07) is 10.2. The van der Waals surface area contributed by atoms with Crippen LogP contribution in [0, 0.1) is 5.82 Å². The summed E-state index contributed by atoms with van der Waals surface area (Å²) in [4.78, 5) is 15.0. The summed E-state index contributed by atoms with van der Waals surface area (Å²) in [7, 11) is 1.48. The van der Waals surface area contributed by atoms with Crippen molar-refractivity contribution in [2.24, 2.45) is 5.73 Å². The van der Waals surface area contributed by atoms with Crippen molar-refractivity contribution in [2.75, 3.05) is 7.11 Å². The van der Waals surface area contributed by atoms with E-state index in [9.17, 15) is 4.79 Å². The Labute approximate surface area is 148 Å². The van der Waals surface area contributed by atoms with Crippen molar-refractivity contribution in [1.29, 1.82) is 0 Å². The molecule has 0 spiro atoms. The predicted molar refractivity (Wildman–Crippen MR) is 93.2 cm³/mol. The first-order valence-electron chi connectivity index (χ1n) is 7.42. The maximum absolute atomic E-state index is 15.1. The predicted octanol–water partition coefficient (Wildman–Crippen LogP) is 3.50. The van der Waals surface area contributed by atoms with Crippen molar-refractivity contribution in [3.63, 3.8) is 0 Å². The van der Waals surface area contributed by atoms with Gasteiger partial charge in [0.25, 0.3) is 5.91 Å². The highest BCUT2D eigenvalue weighted by molar-refractivity contribution is 6.30. The van der Waals surface area contributed by atoms with E-state index in [0.717, 1.165) is 0 Å². The van der Waals surface area contributed by atoms with Crippen LogP contribution in [-0.2, 0) is 6.54 Å². The summed E-state index contributed by atoms with van der Waals surface area (Å²) < 4.78 is 22.0. The third-order valence-corrected chi connectivity index (χ3v) is 3.99. The van der Waals surface area contributed by atoms with Gasteiger partial charge in [0, 0.05) is 16.8 Å². The van der Waals surface area contributed by atoms with Gasteiger partial charge in [-0.3, -0.25) is 4.79 Å². The molecular weight excluding hydrogens is 345 g/mol. The SMILES string of the molecule is COc1ccc(Cn2cnc(C(N)=O)c2)c(F)c1-c1cccc(Cl)c1. The quantitative estimate of drug-likeness (QED) is 0.758. The number of nitrogens with zero attached hydrogens (tertiary/aromatic N) is 2. The fourth-order valence-electron chi connectivity index (χ4n) is 2.58. The number of primary amides is 1. The number of carbonyl (C=O) groups is 1. The lowest BCUT2D eigenvalue weighted by Crippen LogP contribution is -2.11. The van der Waals surface area contributed by atoms with Crippen LogP contribution >= 0.6 is 11.6 Å². The summed E-state index contributed by atoms with van der Waals surface area (Å²) in [5.41, 5.74) is 6.68. The molecule has 0 aliphatic rings. The first-order valence-corrected chi connectivity index (χ1v) is 7.80. The van der Waals surface area contributed by atoms with Gasteiger partial charge in [0.1, 0.15) is 17.3 Å². The molecule has 0 saturated heterocycles. The molecule has 5 nitrogen and oxygen atoms in total. The van der Waals surface area contributed by atoms with Crippen LogP contribution < -0.4 is 10.5 Å². The average Bonchev–Trinajstić information content (AvgIpc) is 3.05. The van der Waals surface area contributed by atoms with Crippen LogP contribution in [0.15, 0.2) is 48.9 Å². The van der Waals surface area contributed by atoms with Gasteiger partial charge in [0.05, 0.1) is 25.5 Å². The number of carbonyl (C=O) groups excluding carboxylic acids is 1. The molecule has 0 atom stereocenters. The van der Waals surface area contributed by atoms with Crippen LogP contribution in [0.2, 0.25) is 5.02 Å². The van der Waals surface area contributed by atoms with E-state index in [1.54, 1.807) is 41.0 Å². The Kier molecular flexibility index (Phi) is 4.72. The van der Waals surface area contributed by atoms with Crippen molar-refractivity contribution in [2.45, 2.75) is 6.54 Å². The monoisotopic (exact) mass is 359 g/mol. The Morgan fingerprint density at radius 1 is 1.36 bits per heavy atom. The lowest BCUT2D eigenvalue weighted by molar-refractivity contribution is 0.0996. The molecule has 3 rings (SSSR count). The molecule has 3 aromatic rings. The smallest absolute Gasteiger partial charge is 0.268 e. The van der Waals surface area contributed by atoms with Crippen LogP contribution in [0.1, 0.15) is 16.1 Å². The van der Waals surface area contributed by atoms with E-state index in [0.29, 0.717) is 27.5 Å². The third kappa shape index (κ3) is 3.49. The van der Waals surface area contributed by atoms with Gasteiger partial charge in [-0.2, -0.15) is 0 Å². The number of hydrogen-bond acceptors (Lipinski definition) is 3. The van der Waals surface area contributed by atoms with Crippen molar-refractivity contribution in [3.05, 3.63) is 71.0 Å². The number of hydrogen-bond donors (Lipinski definition) is 1. The zero-order chi connectivity index (χ0) is 18.0. The molecule has 0 fully saturated rings. The molecule has 0 unspecified atom stereocenters. The second kappa shape index (κ2) is 6.94. The van der Waals surface area contributed by atoms with Gasteiger partial charge in [-0.05, 0) is 23.8 Å².